The van der Waals surface area contributed by atoms with Crippen molar-refractivity contribution >= 4 is 0 Å². The third-order valence-electron chi connectivity index (χ3n) is 3.13. The molecule has 0 aliphatic rings. The summed E-state index contributed by atoms with van der Waals surface area (Å²) in [6.45, 7) is 1.75. The van der Waals surface area contributed by atoms with Gasteiger partial charge in [-0.2, -0.15) is 0 Å². The molecule has 0 aliphatic heterocycles. The lowest BCUT2D eigenvalue weighted by molar-refractivity contribution is 0.0930. The molecule has 1 heterocycles. The number of aliphatic hydroxyl groups excluding tert-OH is 2. The van der Waals surface area contributed by atoms with Crippen molar-refractivity contribution in [3.63, 3.8) is 0 Å². The Bertz CT molecular complexity index is 490. The summed E-state index contributed by atoms with van der Waals surface area (Å²) in [6.07, 6.45) is 1.03. The average molecular weight is 272 g/mol. The Morgan fingerprint density at radius 3 is 2.45 bits per heavy atom. The van der Waals surface area contributed by atoms with Crippen molar-refractivity contribution in [2.45, 2.75) is 12.6 Å². The zero-order chi connectivity index (χ0) is 14.2. The van der Waals surface area contributed by atoms with Gasteiger partial charge in [-0.3, -0.25) is 9.88 Å². The van der Waals surface area contributed by atoms with Crippen LogP contribution in [-0.2, 0) is 6.54 Å². The number of benzene rings is 1. The molecule has 106 valence electrons. The Morgan fingerprint density at radius 2 is 1.80 bits per heavy atom. The largest absolute Gasteiger partial charge is 0.395 e. The van der Waals surface area contributed by atoms with Gasteiger partial charge in [0, 0.05) is 25.8 Å². The second-order valence-corrected chi connectivity index (χ2v) is 4.71. The zero-order valence-corrected chi connectivity index (χ0v) is 11.4. The average Bonchev–Trinajstić information content (AvgIpc) is 2.49. The van der Waals surface area contributed by atoms with E-state index in [1.165, 1.54) is 0 Å². The van der Waals surface area contributed by atoms with Gasteiger partial charge in [-0.25, -0.2) is 0 Å². The number of hydrogen-bond acceptors (Lipinski definition) is 4. The molecule has 2 rings (SSSR count). The number of hydrogen-bond donors (Lipinski definition) is 2. The molecule has 0 radical (unpaired) electrons. The molecule has 4 nitrogen and oxygen atoms in total. The van der Waals surface area contributed by atoms with Crippen LogP contribution in [0.25, 0.3) is 0 Å². The Labute approximate surface area is 119 Å². The van der Waals surface area contributed by atoms with E-state index >= 15 is 0 Å². The molecule has 0 amide bonds. The van der Waals surface area contributed by atoms with Crippen molar-refractivity contribution in [3.05, 3.63) is 66.0 Å². The van der Waals surface area contributed by atoms with Crippen LogP contribution in [0, 0.1) is 0 Å². The van der Waals surface area contributed by atoms with E-state index in [0.29, 0.717) is 25.3 Å². The lowest BCUT2D eigenvalue weighted by Gasteiger charge is -2.24. The molecular formula is C16H20N2O2. The highest BCUT2D eigenvalue weighted by molar-refractivity contribution is 5.14. The first-order valence-corrected chi connectivity index (χ1v) is 6.75. The van der Waals surface area contributed by atoms with Crippen LogP contribution < -0.4 is 0 Å². The summed E-state index contributed by atoms with van der Waals surface area (Å²) in [5, 5.41) is 19.4. The molecule has 2 aromatic rings. The summed E-state index contributed by atoms with van der Waals surface area (Å²) in [7, 11) is 0. The summed E-state index contributed by atoms with van der Waals surface area (Å²) in [5.74, 6) is 0. The van der Waals surface area contributed by atoms with E-state index in [9.17, 15) is 5.11 Å². The molecule has 0 fully saturated rings. The van der Waals surface area contributed by atoms with Crippen LogP contribution in [0.1, 0.15) is 17.4 Å². The maximum absolute atomic E-state index is 10.2. The van der Waals surface area contributed by atoms with Gasteiger partial charge < -0.3 is 10.2 Å². The molecule has 0 bridgehead atoms. The van der Waals surface area contributed by atoms with Crippen LogP contribution in [-0.4, -0.2) is 39.8 Å². The first-order valence-electron chi connectivity index (χ1n) is 6.75. The van der Waals surface area contributed by atoms with Gasteiger partial charge in [-0.1, -0.05) is 36.4 Å². The fourth-order valence-electron chi connectivity index (χ4n) is 2.13. The molecule has 1 aromatic carbocycles. The minimum Gasteiger partial charge on any atom is -0.395 e. The van der Waals surface area contributed by atoms with Gasteiger partial charge in [0.1, 0.15) is 6.10 Å². The van der Waals surface area contributed by atoms with Gasteiger partial charge >= 0.3 is 0 Å². The van der Waals surface area contributed by atoms with Crippen molar-refractivity contribution in [1.82, 2.24) is 9.88 Å². The third kappa shape index (κ3) is 4.42. The van der Waals surface area contributed by atoms with Crippen molar-refractivity contribution < 1.29 is 10.2 Å². The van der Waals surface area contributed by atoms with E-state index in [2.05, 4.69) is 4.98 Å². The molecule has 0 spiro atoms. The number of nitrogens with zero attached hydrogens (tertiary/aromatic N) is 2. The van der Waals surface area contributed by atoms with Crippen LogP contribution >= 0.6 is 0 Å². The molecule has 0 aliphatic carbocycles. The third-order valence-corrected chi connectivity index (χ3v) is 3.13. The van der Waals surface area contributed by atoms with Gasteiger partial charge in [-0.05, 0) is 17.7 Å². The monoisotopic (exact) mass is 272 g/mol. The highest BCUT2D eigenvalue weighted by Gasteiger charge is 2.14. The van der Waals surface area contributed by atoms with Crippen LogP contribution in [0.4, 0.5) is 0 Å². The predicted molar refractivity (Wildman–Crippen MR) is 78.0 cm³/mol. The maximum atomic E-state index is 10.2. The zero-order valence-electron chi connectivity index (χ0n) is 11.4. The van der Waals surface area contributed by atoms with Crippen molar-refractivity contribution in [1.29, 1.82) is 0 Å². The molecule has 1 aromatic heterocycles. The summed E-state index contributed by atoms with van der Waals surface area (Å²) in [4.78, 5) is 6.18. The van der Waals surface area contributed by atoms with Crippen molar-refractivity contribution in [2.24, 2.45) is 0 Å². The van der Waals surface area contributed by atoms with Crippen LogP contribution in [0.5, 0.6) is 0 Å². The summed E-state index contributed by atoms with van der Waals surface area (Å²) in [6, 6.07) is 15.5. The first kappa shape index (κ1) is 14.7. The molecule has 0 saturated heterocycles. The molecule has 1 unspecified atom stereocenters. The quantitative estimate of drug-likeness (QED) is 0.804. The first-order chi connectivity index (χ1) is 9.79. The molecule has 0 saturated carbocycles. The Kier molecular flexibility index (Phi) is 5.68. The van der Waals surface area contributed by atoms with Gasteiger partial charge in [0.2, 0.25) is 0 Å². The summed E-state index contributed by atoms with van der Waals surface area (Å²) < 4.78 is 0. The molecule has 20 heavy (non-hydrogen) atoms. The lowest BCUT2D eigenvalue weighted by Crippen LogP contribution is -2.31. The SMILES string of the molecule is OCCN(Cc1ccccc1)CC(O)c1ccccn1. The fraction of sp³-hybridized carbons (Fsp3) is 0.312. The van der Waals surface area contributed by atoms with Crippen LogP contribution in [0.2, 0.25) is 0 Å². The topological polar surface area (TPSA) is 56.6 Å². The second kappa shape index (κ2) is 7.75. The number of aliphatic hydroxyl groups is 2. The summed E-state index contributed by atoms with van der Waals surface area (Å²) >= 11 is 0. The number of aromatic nitrogens is 1. The van der Waals surface area contributed by atoms with Gasteiger partial charge in [-0.15, -0.1) is 0 Å². The van der Waals surface area contributed by atoms with E-state index in [1.54, 1.807) is 6.20 Å². The normalized spacial score (nSPS) is 12.6. The van der Waals surface area contributed by atoms with E-state index in [4.69, 9.17) is 5.11 Å². The van der Waals surface area contributed by atoms with Gasteiger partial charge in [0.15, 0.2) is 0 Å². The fourth-order valence-corrected chi connectivity index (χ4v) is 2.13. The predicted octanol–water partition coefficient (Wildman–Crippen LogP) is 1.61. The Hall–Kier alpha value is -1.75. The molecular weight excluding hydrogens is 252 g/mol. The van der Waals surface area contributed by atoms with E-state index in [0.717, 1.165) is 5.56 Å². The van der Waals surface area contributed by atoms with E-state index < -0.39 is 6.10 Å². The number of pyridine rings is 1. The summed E-state index contributed by atoms with van der Waals surface area (Å²) in [5.41, 5.74) is 1.82. The highest BCUT2D eigenvalue weighted by atomic mass is 16.3. The molecule has 1 atom stereocenters. The van der Waals surface area contributed by atoms with Crippen LogP contribution in [0.15, 0.2) is 54.7 Å². The molecule has 4 heteroatoms. The van der Waals surface area contributed by atoms with Crippen molar-refractivity contribution in [2.75, 3.05) is 19.7 Å². The Morgan fingerprint density at radius 1 is 1.05 bits per heavy atom. The second-order valence-electron chi connectivity index (χ2n) is 4.71. The van der Waals surface area contributed by atoms with Gasteiger partial charge in [0.25, 0.3) is 0 Å². The minimum atomic E-state index is -0.647. The smallest absolute Gasteiger partial charge is 0.109 e. The minimum absolute atomic E-state index is 0.0712. The van der Waals surface area contributed by atoms with Gasteiger partial charge in [0.05, 0.1) is 12.3 Å². The number of rotatable bonds is 7. The van der Waals surface area contributed by atoms with E-state index in [1.807, 2.05) is 53.4 Å². The van der Waals surface area contributed by atoms with Crippen molar-refractivity contribution in [3.8, 4) is 0 Å². The van der Waals surface area contributed by atoms with Crippen LogP contribution in [0.3, 0.4) is 0 Å². The Balaban J connectivity index is 1.98. The maximum Gasteiger partial charge on any atom is 0.109 e. The highest BCUT2D eigenvalue weighted by Crippen LogP contribution is 2.13. The standard InChI is InChI=1S/C16H20N2O2/c19-11-10-18(12-14-6-2-1-3-7-14)13-16(20)15-8-4-5-9-17-15/h1-9,16,19-20H,10-13H2. The van der Waals surface area contributed by atoms with E-state index in [-0.39, 0.29) is 6.61 Å². The molecule has 2 N–H and O–H groups in total. The lowest BCUT2D eigenvalue weighted by atomic mass is 10.1.